The van der Waals surface area contributed by atoms with E-state index in [9.17, 15) is 15.3 Å². The van der Waals surface area contributed by atoms with Crippen LogP contribution in [-0.4, -0.2) is 29.5 Å². The van der Waals surface area contributed by atoms with E-state index in [1.54, 1.807) is 45.0 Å². The molecule has 0 aliphatic heterocycles. The average Bonchev–Trinajstić information content (AvgIpc) is 2.69. The molecule has 0 bridgehead atoms. The summed E-state index contributed by atoms with van der Waals surface area (Å²) in [5.41, 5.74) is 2.02. The lowest BCUT2D eigenvalue weighted by Crippen LogP contribution is -1.97. The highest BCUT2D eigenvalue weighted by molar-refractivity contribution is 5.60. The molecule has 0 spiro atoms. The summed E-state index contributed by atoms with van der Waals surface area (Å²) in [7, 11) is 3.04. The van der Waals surface area contributed by atoms with E-state index in [0.717, 1.165) is 0 Å². The standard InChI is InChI=1S/C23H24O7/c1-12-6-17(24)21(26)19(7-12)29-23-14(3)9-16(28-5)11-20(23)30-22-13(2)8-15(27-4)10-18(22)25/h6-11,24-26H,1-5H3. The number of aryl methyl sites for hydroxylation is 3. The first-order chi connectivity index (χ1) is 14.2. The number of ether oxygens (including phenoxy) is 4. The van der Waals surface area contributed by atoms with Crippen LogP contribution >= 0.6 is 0 Å². The van der Waals surface area contributed by atoms with Crippen molar-refractivity contribution in [2.24, 2.45) is 0 Å². The Balaban J connectivity index is 2.10. The van der Waals surface area contributed by atoms with E-state index >= 15 is 0 Å². The van der Waals surface area contributed by atoms with Crippen LogP contribution in [0.25, 0.3) is 0 Å². The number of hydrogen-bond acceptors (Lipinski definition) is 7. The zero-order valence-electron chi connectivity index (χ0n) is 17.4. The molecule has 3 aromatic rings. The number of rotatable bonds is 6. The predicted octanol–water partition coefficient (Wildman–Crippen LogP) is 5.33. The Morgan fingerprint density at radius 1 is 0.600 bits per heavy atom. The first-order valence-corrected chi connectivity index (χ1v) is 9.18. The maximum atomic E-state index is 10.4. The van der Waals surface area contributed by atoms with E-state index in [0.29, 0.717) is 33.9 Å². The molecule has 0 fully saturated rings. The second kappa shape index (κ2) is 8.32. The van der Waals surface area contributed by atoms with Crippen LogP contribution in [0.3, 0.4) is 0 Å². The van der Waals surface area contributed by atoms with Crippen LogP contribution < -0.4 is 18.9 Å². The summed E-state index contributed by atoms with van der Waals surface area (Å²) in [4.78, 5) is 0. The van der Waals surface area contributed by atoms with Crippen molar-refractivity contribution < 1.29 is 34.3 Å². The minimum atomic E-state index is -0.384. The van der Waals surface area contributed by atoms with Gasteiger partial charge in [-0.05, 0) is 61.7 Å². The molecule has 0 saturated heterocycles. The SMILES string of the molecule is COc1cc(C)c(Oc2cc(OC)cc(C)c2Oc2cc(C)cc(O)c2O)c(O)c1. The van der Waals surface area contributed by atoms with E-state index in [2.05, 4.69) is 0 Å². The first-order valence-electron chi connectivity index (χ1n) is 9.18. The van der Waals surface area contributed by atoms with E-state index in [1.807, 2.05) is 0 Å². The van der Waals surface area contributed by atoms with E-state index in [-0.39, 0.29) is 34.5 Å². The summed E-state index contributed by atoms with van der Waals surface area (Å²) < 4.78 is 22.4. The fourth-order valence-electron chi connectivity index (χ4n) is 3.03. The third-order valence-corrected chi connectivity index (χ3v) is 4.54. The minimum Gasteiger partial charge on any atom is -0.504 e. The second-order valence-electron chi connectivity index (χ2n) is 6.90. The molecular formula is C23H24O7. The molecule has 0 heterocycles. The van der Waals surface area contributed by atoms with Gasteiger partial charge < -0.3 is 34.3 Å². The fraction of sp³-hybridized carbons (Fsp3) is 0.217. The molecule has 0 radical (unpaired) electrons. The van der Waals surface area contributed by atoms with Gasteiger partial charge >= 0.3 is 0 Å². The van der Waals surface area contributed by atoms with Crippen molar-refractivity contribution in [3.05, 3.63) is 53.1 Å². The Bertz CT molecular complexity index is 1070. The quantitative estimate of drug-likeness (QED) is 0.471. The molecule has 7 heteroatoms. The predicted molar refractivity (Wildman–Crippen MR) is 112 cm³/mol. The van der Waals surface area contributed by atoms with E-state index in [1.165, 1.54) is 26.4 Å². The summed E-state index contributed by atoms with van der Waals surface area (Å²) in [5, 5.41) is 30.5. The van der Waals surface area contributed by atoms with Crippen molar-refractivity contribution >= 4 is 0 Å². The van der Waals surface area contributed by atoms with Crippen molar-refractivity contribution in [2.45, 2.75) is 20.8 Å². The van der Waals surface area contributed by atoms with Gasteiger partial charge in [0.15, 0.2) is 34.5 Å². The number of aromatic hydroxyl groups is 3. The molecule has 0 unspecified atom stereocenters. The highest BCUT2D eigenvalue weighted by atomic mass is 16.5. The summed E-state index contributed by atoms with van der Waals surface area (Å²) in [6.45, 7) is 5.33. The Morgan fingerprint density at radius 3 is 1.77 bits per heavy atom. The Hall–Kier alpha value is -3.74. The number of phenolic OH excluding ortho intramolecular Hbond substituents is 3. The summed E-state index contributed by atoms with van der Waals surface area (Å²) in [5.74, 6) is 1.10. The van der Waals surface area contributed by atoms with Crippen LogP contribution in [0.5, 0.6) is 51.7 Å². The second-order valence-corrected chi connectivity index (χ2v) is 6.90. The smallest absolute Gasteiger partial charge is 0.201 e. The number of benzene rings is 3. The van der Waals surface area contributed by atoms with Gasteiger partial charge in [-0.15, -0.1) is 0 Å². The Labute approximate surface area is 174 Å². The molecular weight excluding hydrogens is 388 g/mol. The lowest BCUT2D eigenvalue weighted by molar-refractivity contribution is 0.353. The maximum absolute atomic E-state index is 10.4. The van der Waals surface area contributed by atoms with Crippen molar-refractivity contribution in [2.75, 3.05) is 14.2 Å². The first kappa shape index (κ1) is 21.0. The molecule has 30 heavy (non-hydrogen) atoms. The average molecular weight is 412 g/mol. The number of methoxy groups -OCH3 is 2. The fourth-order valence-corrected chi connectivity index (χ4v) is 3.03. The molecule has 3 aromatic carbocycles. The van der Waals surface area contributed by atoms with Gasteiger partial charge in [-0.3, -0.25) is 0 Å². The highest BCUT2D eigenvalue weighted by Crippen LogP contribution is 2.47. The van der Waals surface area contributed by atoms with Gasteiger partial charge in [-0.2, -0.15) is 0 Å². The van der Waals surface area contributed by atoms with Crippen molar-refractivity contribution in [1.29, 1.82) is 0 Å². The third-order valence-electron chi connectivity index (χ3n) is 4.54. The molecule has 0 atom stereocenters. The molecule has 0 amide bonds. The maximum Gasteiger partial charge on any atom is 0.201 e. The summed E-state index contributed by atoms with van der Waals surface area (Å²) in [6.07, 6.45) is 0. The molecule has 3 N–H and O–H groups in total. The van der Waals surface area contributed by atoms with Gasteiger partial charge in [-0.25, -0.2) is 0 Å². The van der Waals surface area contributed by atoms with Gasteiger partial charge in [0.2, 0.25) is 5.75 Å². The van der Waals surface area contributed by atoms with E-state index < -0.39 is 0 Å². The third kappa shape index (κ3) is 4.15. The molecule has 3 rings (SSSR count). The van der Waals surface area contributed by atoms with Crippen LogP contribution in [0, 0.1) is 20.8 Å². The largest absolute Gasteiger partial charge is 0.504 e. The van der Waals surface area contributed by atoms with Crippen molar-refractivity contribution in [3.63, 3.8) is 0 Å². The van der Waals surface area contributed by atoms with Gasteiger partial charge in [0.05, 0.1) is 14.2 Å². The summed E-state index contributed by atoms with van der Waals surface area (Å²) >= 11 is 0. The molecule has 0 aliphatic rings. The molecule has 0 saturated carbocycles. The lowest BCUT2D eigenvalue weighted by atomic mass is 10.1. The Morgan fingerprint density at radius 2 is 1.17 bits per heavy atom. The van der Waals surface area contributed by atoms with Gasteiger partial charge in [0.25, 0.3) is 0 Å². The van der Waals surface area contributed by atoms with E-state index in [4.69, 9.17) is 18.9 Å². The minimum absolute atomic E-state index is 0.0706. The molecule has 7 nitrogen and oxygen atoms in total. The van der Waals surface area contributed by atoms with Crippen LogP contribution in [0.4, 0.5) is 0 Å². The van der Waals surface area contributed by atoms with Gasteiger partial charge in [0, 0.05) is 12.1 Å². The number of hydrogen-bond donors (Lipinski definition) is 3. The van der Waals surface area contributed by atoms with Crippen LogP contribution in [-0.2, 0) is 0 Å². The normalized spacial score (nSPS) is 10.6. The van der Waals surface area contributed by atoms with Crippen LogP contribution in [0.15, 0.2) is 36.4 Å². The molecule has 0 aliphatic carbocycles. The highest BCUT2D eigenvalue weighted by Gasteiger charge is 2.19. The Kier molecular flexibility index (Phi) is 5.82. The molecule has 158 valence electrons. The van der Waals surface area contributed by atoms with Crippen molar-refractivity contribution in [1.82, 2.24) is 0 Å². The lowest BCUT2D eigenvalue weighted by Gasteiger charge is -2.19. The topological polar surface area (TPSA) is 97.6 Å². The monoisotopic (exact) mass is 412 g/mol. The van der Waals surface area contributed by atoms with Crippen molar-refractivity contribution in [3.8, 4) is 51.7 Å². The zero-order chi connectivity index (χ0) is 22.0. The van der Waals surface area contributed by atoms with Gasteiger partial charge in [-0.1, -0.05) is 0 Å². The van der Waals surface area contributed by atoms with Crippen LogP contribution in [0.2, 0.25) is 0 Å². The zero-order valence-corrected chi connectivity index (χ0v) is 17.4. The molecule has 0 aromatic heterocycles. The van der Waals surface area contributed by atoms with Gasteiger partial charge in [0.1, 0.15) is 11.5 Å². The van der Waals surface area contributed by atoms with Crippen LogP contribution in [0.1, 0.15) is 16.7 Å². The number of phenols is 3. The summed E-state index contributed by atoms with van der Waals surface area (Å²) in [6, 6.07) is 9.55.